The Morgan fingerprint density at radius 3 is 2.79 bits per heavy atom. The van der Waals surface area contributed by atoms with E-state index in [0.29, 0.717) is 23.8 Å². The maximum atomic E-state index is 12.2. The molecule has 1 aromatic heterocycles. The Hall–Kier alpha value is -2.31. The fourth-order valence-electron chi connectivity index (χ4n) is 2.59. The molecule has 24 heavy (non-hydrogen) atoms. The topological polar surface area (TPSA) is 83.4 Å². The Morgan fingerprint density at radius 2 is 2.08 bits per heavy atom. The van der Waals surface area contributed by atoms with Gasteiger partial charge >= 0.3 is 0 Å². The molecule has 1 aliphatic rings. The molecule has 3 rings (SSSR count). The lowest BCUT2D eigenvalue weighted by molar-refractivity contribution is 0.0948. The van der Waals surface area contributed by atoms with Crippen LogP contribution in [0.2, 0.25) is 0 Å². The van der Waals surface area contributed by atoms with Crippen LogP contribution in [-0.2, 0) is 0 Å². The van der Waals surface area contributed by atoms with E-state index in [-0.39, 0.29) is 30.0 Å². The van der Waals surface area contributed by atoms with Crippen molar-refractivity contribution in [3.63, 3.8) is 0 Å². The minimum absolute atomic E-state index is 0. The molecule has 1 aromatic carbocycles. The second kappa shape index (κ2) is 8.52. The molecule has 1 fully saturated rings. The van der Waals surface area contributed by atoms with Gasteiger partial charge in [-0.15, -0.1) is 12.4 Å². The molecule has 1 aliphatic heterocycles. The van der Waals surface area contributed by atoms with E-state index in [0.717, 1.165) is 19.4 Å². The summed E-state index contributed by atoms with van der Waals surface area (Å²) < 4.78 is 5.04. The van der Waals surface area contributed by atoms with Gasteiger partial charge in [-0.25, -0.2) is 0 Å². The van der Waals surface area contributed by atoms with Gasteiger partial charge in [0.2, 0.25) is 0 Å². The lowest BCUT2D eigenvalue weighted by Gasteiger charge is -2.12. The number of furan rings is 1. The van der Waals surface area contributed by atoms with Crippen molar-refractivity contribution in [3.8, 4) is 0 Å². The number of halogens is 1. The highest BCUT2D eigenvalue weighted by molar-refractivity contribution is 6.03. The zero-order valence-electron chi connectivity index (χ0n) is 13.1. The summed E-state index contributed by atoms with van der Waals surface area (Å²) in [7, 11) is 0. The van der Waals surface area contributed by atoms with Crippen molar-refractivity contribution in [3.05, 3.63) is 54.0 Å². The van der Waals surface area contributed by atoms with Gasteiger partial charge in [0, 0.05) is 23.8 Å². The summed E-state index contributed by atoms with van der Waals surface area (Å²) in [6, 6.07) is 10.4. The normalized spacial score (nSPS) is 16.2. The lowest BCUT2D eigenvalue weighted by atomic mass is 10.1. The Bertz CT molecular complexity index is 682. The maximum absolute atomic E-state index is 12.2. The zero-order valence-corrected chi connectivity index (χ0v) is 13.9. The predicted molar refractivity (Wildman–Crippen MR) is 93.7 cm³/mol. The van der Waals surface area contributed by atoms with Gasteiger partial charge < -0.3 is 20.4 Å². The Kier molecular flexibility index (Phi) is 6.40. The lowest BCUT2D eigenvalue weighted by Crippen LogP contribution is -2.37. The molecular weight excluding hydrogens is 330 g/mol. The van der Waals surface area contributed by atoms with Gasteiger partial charge in [-0.05, 0) is 49.7 Å². The Labute approximate surface area is 146 Å². The largest absolute Gasteiger partial charge is 0.459 e. The number of benzene rings is 1. The standard InChI is InChI=1S/C17H19N3O3.ClH/c21-16(19-11-14-6-2-8-18-14)12-4-1-5-13(10-12)20-17(22)15-7-3-9-23-15;/h1,3-5,7,9-10,14,18H,2,6,8,11H2,(H,19,21)(H,20,22);1H. The minimum atomic E-state index is -0.345. The number of anilines is 1. The SMILES string of the molecule is Cl.O=C(NCC1CCCN1)c1cccc(NC(=O)c2ccco2)c1. The first-order chi connectivity index (χ1) is 11.2. The van der Waals surface area contributed by atoms with Gasteiger partial charge in [-0.2, -0.15) is 0 Å². The molecule has 128 valence electrons. The molecule has 2 amide bonds. The quantitative estimate of drug-likeness (QED) is 0.774. The highest BCUT2D eigenvalue weighted by Gasteiger charge is 2.16. The van der Waals surface area contributed by atoms with Crippen LogP contribution < -0.4 is 16.0 Å². The van der Waals surface area contributed by atoms with Crippen molar-refractivity contribution < 1.29 is 14.0 Å². The number of hydrogen-bond donors (Lipinski definition) is 3. The van der Waals surface area contributed by atoms with Crippen LogP contribution in [0.25, 0.3) is 0 Å². The molecule has 6 nitrogen and oxygen atoms in total. The molecule has 0 spiro atoms. The third kappa shape index (κ3) is 4.59. The number of carbonyl (C=O) groups is 2. The van der Waals surface area contributed by atoms with E-state index in [1.807, 2.05) is 0 Å². The highest BCUT2D eigenvalue weighted by atomic mass is 35.5. The molecule has 3 N–H and O–H groups in total. The highest BCUT2D eigenvalue weighted by Crippen LogP contribution is 2.13. The van der Waals surface area contributed by atoms with Gasteiger partial charge in [0.15, 0.2) is 5.76 Å². The van der Waals surface area contributed by atoms with E-state index in [2.05, 4.69) is 16.0 Å². The molecule has 0 saturated carbocycles. The van der Waals surface area contributed by atoms with E-state index in [1.165, 1.54) is 6.26 Å². The van der Waals surface area contributed by atoms with Gasteiger partial charge in [0.05, 0.1) is 6.26 Å². The third-order valence-electron chi connectivity index (χ3n) is 3.80. The van der Waals surface area contributed by atoms with Crippen LogP contribution in [0.5, 0.6) is 0 Å². The van der Waals surface area contributed by atoms with Crippen LogP contribution in [0.15, 0.2) is 47.1 Å². The van der Waals surface area contributed by atoms with Crippen LogP contribution in [0.1, 0.15) is 33.8 Å². The average Bonchev–Trinajstić information content (AvgIpc) is 3.26. The van der Waals surface area contributed by atoms with Crippen molar-refractivity contribution >= 4 is 29.9 Å². The smallest absolute Gasteiger partial charge is 0.291 e. The number of rotatable bonds is 5. The van der Waals surface area contributed by atoms with Crippen molar-refractivity contribution in [1.29, 1.82) is 0 Å². The molecule has 0 radical (unpaired) electrons. The van der Waals surface area contributed by atoms with Gasteiger partial charge in [0.25, 0.3) is 11.8 Å². The molecular formula is C17H20ClN3O3. The minimum Gasteiger partial charge on any atom is -0.459 e. The number of nitrogens with one attached hydrogen (secondary N) is 3. The second-order valence-corrected chi connectivity index (χ2v) is 5.52. The fourth-order valence-corrected chi connectivity index (χ4v) is 2.59. The second-order valence-electron chi connectivity index (χ2n) is 5.52. The first-order valence-electron chi connectivity index (χ1n) is 7.69. The number of amides is 2. The molecule has 1 atom stereocenters. The summed E-state index contributed by atoms with van der Waals surface area (Å²) in [4.78, 5) is 24.1. The Balaban J connectivity index is 0.00000208. The summed E-state index contributed by atoms with van der Waals surface area (Å²) in [6.07, 6.45) is 3.67. The molecule has 2 aromatic rings. The van der Waals surface area contributed by atoms with Crippen molar-refractivity contribution in [2.24, 2.45) is 0 Å². The summed E-state index contributed by atoms with van der Waals surface area (Å²) in [6.45, 7) is 1.62. The van der Waals surface area contributed by atoms with Crippen LogP contribution in [0.4, 0.5) is 5.69 Å². The summed E-state index contributed by atoms with van der Waals surface area (Å²) in [5.74, 6) is -0.261. The fraction of sp³-hybridized carbons (Fsp3) is 0.294. The van der Waals surface area contributed by atoms with Crippen LogP contribution in [-0.4, -0.2) is 30.9 Å². The van der Waals surface area contributed by atoms with E-state index in [4.69, 9.17) is 4.42 Å². The van der Waals surface area contributed by atoms with Crippen molar-refractivity contribution in [2.75, 3.05) is 18.4 Å². The first kappa shape index (κ1) is 18.0. The summed E-state index contributed by atoms with van der Waals surface area (Å²) in [5, 5.41) is 8.96. The number of hydrogen-bond acceptors (Lipinski definition) is 4. The third-order valence-corrected chi connectivity index (χ3v) is 3.80. The summed E-state index contributed by atoms with van der Waals surface area (Å²) >= 11 is 0. The molecule has 0 bridgehead atoms. The van der Waals surface area contributed by atoms with Crippen LogP contribution in [0, 0.1) is 0 Å². The van der Waals surface area contributed by atoms with E-state index < -0.39 is 0 Å². The average molecular weight is 350 g/mol. The molecule has 7 heteroatoms. The Morgan fingerprint density at radius 1 is 1.21 bits per heavy atom. The summed E-state index contributed by atoms with van der Waals surface area (Å²) in [5.41, 5.74) is 1.07. The molecule has 1 saturated heterocycles. The van der Waals surface area contributed by atoms with Gasteiger partial charge in [-0.1, -0.05) is 6.07 Å². The zero-order chi connectivity index (χ0) is 16.1. The first-order valence-corrected chi connectivity index (χ1v) is 7.69. The number of carbonyl (C=O) groups excluding carboxylic acids is 2. The van der Waals surface area contributed by atoms with Gasteiger partial charge in [0.1, 0.15) is 0 Å². The molecule has 0 aliphatic carbocycles. The van der Waals surface area contributed by atoms with E-state index >= 15 is 0 Å². The monoisotopic (exact) mass is 349 g/mol. The van der Waals surface area contributed by atoms with E-state index in [1.54, 1.807) is 36.4 Å². The maximum Gasteiger partial charge on any atom is 0.291 e. The van der Waals surface area contributed by atoms with E-state index in [9.17, 15) is 9.59 Å². The molecule has 1 unspecified atom stereocenters. The van der Waals surface area contributed by atoms with Crippen molar-refractivity contribution in [1.82, 2.24) is 10.6 Å². The van der Waals surface area contributed by atoms with Crippen LogP contribution >= 0.6 is 12.4 Å². The van der Waals surface area contributed by atoms with Crippen molar-refractivity contribution in [2.45, 2.75) is 18.9 Å². The molecule has 2 heterocycles. The predicted octanol–water partition coefficient (Wildman–Crippen LogP) is 2.44. The van der Waals surface area contributed by atoms with Crippen LogP contribution in [0.3, 0.4) is 0 Å². The van der Waals surface area contributed by atoms with Gasteiger partial charge in [-0.3, -0.25) is 9.59 Å².